The molecule has 124 valence electrons. The molecule has 2 heterocycles. The van der Waals surface area contributed by atoms with Gasteiger partial charge in [0, 0.05) is 34.3 Å². The summed E-state index contributed by atoms with van der Waals surface area (Å²) >= 11 is 3.43. The minimum absolute atomic E-state index is 0.0806. The second kappa shape index (κ2) is 5.31. The van der Waals surface area contributed by atoms with Gasteiger partial charge in [-0.2, -0.15) is 0 Å². The van der Waals surface area contributed by atoms with Crippen molar-refractivity contribution in [1.29, 1.82) is 0 Å². The summed E-state index contributed by atoms with van der Waals surface area (Å²) in [6.45, 7) is 2.16. The Balaban J connectivity index is 2.36. The summed E-state index contributed by atoms with van der Waals surface area (Å²) in [5.74, 6) is -2.39. The molecule has 3 rings (SSSR count). The highest BCUT2D eigenvalue weighted by Crippen LogP contribution is 2.46. The van der Waals surface area contributed by atoms with Crippen molar-refractivity contribution < 1.29 is 22.7 Å². The molecular formula is C15H15BrFNO4S. The number of nitrogens with zero attached hydrogens (tertiary/aromatic N) is 1. The largest absolute Gasteiger partial charge is 0.481 e. The zero-order chi connectivity index (χ0) is 17.1. The Kier molecular flexibility index (Phi) is 3.79. The molecule has 5 nitrogen and oxygen atoms in total. The van der Waals surface area contributed by atoms with Crippen LogP contribution in [-0.4, -0.2) is 30.3 Å². The van der Waals surface area contributed by atoms with Crippen LogP contribution in [0.25, 0.3) is 10.9 Å². The Labute approximate surface area is 141 Å². The van der Waals surface area contributed by atoms with E-state index in [4.69, 9.17) is 0 Å². The van der Waals surface area contributed by atoms with Crippen molar-refractivity contribution in [1.82, 2.24) is 4.57 Å². The van der Waals surface area contributed by atoms with E-state index in [-0.39, 0.29) is 10.8 Å². The zero-order valence-corrected chi connectivity index (χ0v) is 14.9. The Morgan fingerprint density at radius 1 is 1.48 bits per heavy atom. The number of aromatic nitrogens is 1. The van der Waals surface area contributed by atoms with Gasteiger partial charge in [0.15, 0.2) is 9.84 Å². The Morgan fingerprint density at radius 2 is 2.13 bits per heavy atom. The Hall–Kier alpha value is -1.41. The first-order valence-corrected chi connectivity index (χ1v) is 9.75. The van der Waals surface area contributed by atoms with Gasteiger partial charge in [-0.05, 0) is 34.5 Å². The maximum Gasteiger partial charge on any atom is 0.306 e. The summed E-state index contributed by atoms with van der Waals surface area (Å²) in [4.78, 5) is 11.2. The first-order valence-electron chi connectivity index (χ1n) is 7.07. The molecule has 1 aromatic heterocycles. The molecule has 0 bridgehead atoms. The molecule has 0 radical (unpaired) electrons. The molecule has 0 saturated carbocycles. The standard InChI is InChI=1S/C15H15BrFNO4S/c1-7(15(19)20)9-3-4-18-10-5-8(17)6-11(23(2,21)22)12(10)13(16)14(9)18/h5-7,9H,3-4H2,1-2H3,(H,19,20). The zero-order valence-electron chi connectivity index (χ0n) is 12.5. The first kappa shape index (κ1) is 16.4. The second-order valence-corrected chi connectivity index (χ2v) is 8.72. The molecule has 1 N–H and O–H groups in total. The van der Waals surface area contributed by atoms with Crippen LogP contribution >= 0.6 is 15.9 Å². The number of benzene rings is 1. The van der Waals surface area contributed by atoms with Crippen molar-refractivity contribution in [2.75, 3.05) is 6.26 Å². The number of fused-ring (bicyclic) bond motifs is 3. The van der Waals surface area contributed by atoms with E-state index in [1.165, 1.54) is 6.07 Å². The van der Waals surface area contributed by atoms with Crippen molar-refractivity contribution in [2.45, 2.75) is 30.7 Å². The number of sulfone groups is 1. The average Bonchev–Trinajstić information content (AvgIpc) is 2.97. The summed E-state index contributed by atoms with van der Waals surface area (Å²) in [5.41, 5.74) is 1.21. The SMILES string of the molecule is CC(C(=O)O)C1CCn2c1c(Br)c1c(S(C)(=O)=O)cc(F)cc12. The number of hydrogen-bond donors (Lipinski definition) is 1. The molecule has 2 aromatic rings. The van der Waals surface area contributed by atoms with E-state index >= 15 is 0 Å². The number of aliphatic carboxylic acids is 1. The topological polar surface area (TPSA) is 76.4 Å². The van der Waals surface area contributed by atoms with Crippen LogP contribution in [0.2, 0.25) is 0 Å². The maximum atomic E-state index is 13.9. The summed E-state index contributed by atoms with van der Waals surface area (Å²) in [6.07, 6.45) is 1.66. The van der Waals surface area contributed by atoms with Crippen LogP contribution in [0, 0.1) is 11.7 Å². The van der Waals surface area contributed by atoms with E-state index in [1.807, 2.05) is 4.57 Å². The fraction of sp³-hybridized carbons (Fsp3) is 0.400. The molecule has 23 heavy (non-hydrogen) atoms. The lowest BCUT2D eigenvalue weighted by molar-refractivity contribution is -0.141. The predicted molar refractivity (Wildman–Crippen MR) is 86.9 cm³/mol. The van der Waals surface area contributed by atoms with Gasteiger partial charge in [0.1, 0.15) is 5.82 Å². The summed E-state index contributed by atoms with van der Waals surface area (Å²) < 4.78 is 40.3. The van der Waals surface area contributed by atoms with E-state index in [1.54, 1.807) is 6.92 Å². The number of halogens is 2. The Morgan fingerprint density at radius 3 is 2.70 bits per heavy atom. The highest BCUT2D eigenvalue weighted by atomic mass is 79.9. The number of carbonyl (C=O) groups is 1. The van der Waals surface area contributed by atoms with Gasteiger partial charge in [0.05, 0.1) is 16.3 Å². The van der Waals surface area contributed by atoms with E-state index in [9.17, 15) is 22.7 Å². The third-order valence-corrected chi connectivity index (χ3v) is 6.40. The van der Waals surface area contributed by atoms with Crippen LogP contribution in [0.4, 0.5) is 4.39 Å². The molecule has 1 aromatic carbocycles. The molecule has 2 unspecified atom stereocenters. The quantitative estimate of drug-likeness (QED) is 0.853. The molecule has 1 aliphatic rings. The molecule has 0 aliphatic carbocycles. The molecule has 8 heteroatoms. The van der Waals surface area contributed by atoms with Gasteiger partial charge in [-0.3, -0.25) is 4.79 Å². The molecule has 0 amide bonds. The minimum atomic E-state index is -3.62. The highest BCUT2D eigenvalue weighted by molar-refractivity contribution is 9.10. The third kappa shape index (κ3) is 2.48. The predicted octanol–water partition coefficient (Wildman–Crippen LogP) is 3.15. The summed E-state index contributed by atoms with van der Waals surface area (Å²) in [7, 11) is -3.62. The number of carboxylic acid groups (broad SMARTS) is 1. The smallest absolute Gasteiger partial charge is 0.306 e. The summed E-state index contributed by atoms with van der Waals surface area (Å²) in [5, 5.41) is 9.70. The molecule has 0 fully saturated rings. The number of aryl methyl sites for hydroxylation is 1. The van der Waals surface area contributed by atoms with Gasteiger partial charge >= 0.3 is 5.97 Å². The third-order valence-electron chi connectivity index (χ3n) is 4.48. The van der Waals surface area contributed by atoms with E-state index in [2.05, 4.69) is 15.9 Å². The number of rotatable bonds is 3. The average molecular weight is 404 g/mol. The second-order valence-electron chi connectivity index (χ2n) is 5.94. The summed E-state index contributed by atoms with van der Waals surface area (Å²) in [6, 6.07) is 2.31. The lowest BCUT2D eigenvalue weighted by Crippen LogP contribution is -2.17. The monoisotopic (exact) mass is 403 g/mol. The molecular weight excluding hydrogens is 389 g/mol. The molecule has 1 aliphatic heterocycles. The van der Waals surface area contributed by atoms with Crippen LogP contribution in [-0.2, 0) is 21.2 Å². The van der Waals surface area contributed by atoms with Crippen molar-refractivity contribution in [3.63, 3.8) is 0 Å². The molecule has 0 spiro atoms. The Bertz CT molecular complexity index is 935. The number of hydrogen-bond acceptors (Lipinski definition) is 3. The highest BCUT2D eigenvalue weighted by Gasteiger charge is 2.36. The lowest BCUT2D eigenvalue weighted by Gasteiger charge is -2.15. The van der Waals surface area contributed by atoms with Gasteiger partial charge in [-0.1, -0.05) is 6.92 Å². The van der Waals surface area contributed by atoms with Gasteiger partial charge in [0.25, 0.3) is 0 Å². The van der Waals surface area contributed by atoms with E-state index < -0.39 is 27.5 Å². The van der Waals surface area contributed by atoms with Gasteiger partial charge in [-0.15, -0.1) is 0 Å². The maximum absolute atomic E-state index is 13.9. The fourth-order valence-electron chi connectivity index (χ4n) is 3.34. The van der Waals surface area contributed by atoms with Crippen molar-refractivity contribution in [3.8, 4) is 0 Å². The van der Waals surface area contributed by atoms with Gasteiger partial charge in [-0.25, -0.2) is 12.8 Å². The van der Waals surface area contributed by atoms with E-state index in [0.717, 1.165) is 18.0 Å². The fourth-order valence-corrected chi connectivity index (χ4v) is 5.30. The van der Waals surface area contributed by atoms with E-state index in [0.29, 0.717) is 28.3 Å². The van der Waals surface area contributed by atoms with Crippen LogP contribution in [0.15, 0.2) is 21.5 Å². The van der Waals surface area contributed by atoms with Gasteiger partial charge in [0.2, 0.25) is 0 Å². The van der Waals surface area contributed by atoms with Gasteiger partial charge < -0.3 is 9.67 Å². The van der Waals surface area contributed by atoms with Crippen LogP contribution < -0.4 is 0 Å². The molecule has 2 atom stereocenters. The van der Waals surface area contributed by atoms with Crippen LogP contribution in [0.1, 0.15) is 25.0 Å². The van der Waals surface area contributed by atoms with Crippen molar-refractivity contribution >= 4 is 42.6 Å². The first-order chi connectivity index (χ1) is 10.6. The van der Waals surface area contributed by atoms with Crippen molar-refractivity contribution in [3.05, 3.63) is 28.1 Å². The van der Waals surface area contributed by atoms with Crippen LogP contribution in [0.5, 0.6) is 0 Å². The molecule has 0 saturated heterocycles. The normalized spacial score (nSPS) is 19.0. The lowest BCUT2D eigenvalue weighted by atomic mass is 9.90. The van der Waals surface area contributed by atoms with Crippen LogP contribution in [0.3, 0.4) is 0 Å². The minimum Gasteiger partial charge on any atom is -0.481 e. The van der Waals surface area contributed by atoms with Crippen molar-refractivity contribution in [2.24, 2.45) is 5.92 Å². The number of carboxylic acids is 1.